The van der Waals surface area contributed by atoms with Crippen molar-refractivity contribution < 1.29 is 0 Å². The van der Waals surface area contributed by atoms with E-state index in [2.05, 4.69) is 54.6 Å². The van der Waals surface area contributed by atoms with E-state index in [0.717, 1.165) is 44.1 Å². The van der Waals surface area contributed by atoms with E-state index in [1.165, 1.54) is 0 Å². The minimum Gasteiger partial charge on any atom is -0.355 e. The van der Waals surface area contributed by atoms with Gasteiger partial charge in [-0.05, 0) is 26.4 Å². The third-order valence-corrected chi connectivity index (χ3v) is 3.12. The van der Waals surface area contributed by atoms with Crippen LogP contribution in [0, 0.1) is 5.92 Å². The predicted molar refractivity (Wildman–Crippen MR) is 86.6 cm³/mol. The molecule has 4 nitrogen and oxygen atoms in total. The Morgan fingerprint density at radius 1 is 1.20 bits per heavy atom. The van der Waals surface area contributed by atoms with Crippen molar-refractivity contribution >= 4 is 17.4 Å². The Morgan fingerprint density at radius 3 is 2.45 bits per heavy atom. The number of anilines is 1. The van der Waals surface area contributed by atoms with E-state index in [0.29, 0.717) is 11.1 Å². The first-order valence-electron chi connectivity index (χ1n) is 7.35. The van der Waals surface area contributed by atoms with Gasteiger partial charge in [0, 0.05) is 32.1 Å². The summed E-state index contributed by atoms with van der Waals surface area (Å²) in [5, 5.41) is 0.539. The maximum Gasteiger partial charge on any atom is 0.134 e. The highest BCUT2D eigenvalue weighted by Crippen LogP contribution is 2.18. The molecule has 0 N–H and O–H groups in total. The molecule has 0 spiro atoms. The fraction of sp³-hybridized carbons (Fsp3) is 0.733. The molecule has 0 aliphatic heterocycles. The van der Waals surface area contributed by atoms with Gasteiger partial charge in [0.15, 0.2) is 0 Å². The molecule has 1 rings (SSSR count). The van der Waals surface area contributed by atoms with Gasteiger partial charge in [-0.15, -0.1) is 0 Å². The molecule has 0 radical (unpaired) electrons. The molecule has 1 aromatic heterocycles. The average molecular weight is 299 g/mol. The van der Waals surface area contributed by atoms with Crippen molar-refractivity contribution in [2.45, 2.75) is 33.6 Å². The summed E-state index contributed by atoms with van der Waals surface area (Å²) in [7, 11) is 4.17. The van der Waals surface area contributed by atoms with Gasteiger partial charge in [0.05, 0.1) is 0 Å². The van der Waals surface area contributed by atoms with E-state index < -0.39 is 0 Å². The summed E-state index contributed by atoms with van der Waals surface area (Å²) in [5.74, 6) is 2.37. The summed E-state index contributed by atoms with van der Waals surface area (Å²) in [6, 6.07) is 1.87. The minimum absolute atomic E-state index is 0.539. The Morgan fingerprint density at radius 2 is 1.90 bits per heavy atom. The third-order valence-electron chi connectivity index (χ3n) is 2.93. The Kier molecular flexibility index (Phi) is 7.24. The van der Waals surface area contributed by atoms with E-state index in [9.17, 15) is 0 Å². The SMILES string of the molecule is CCCc1nc(Cl)cc(N(CCN(C)C)CC(C)C)n1. The highest BCUT2D eigenvalue weighted by Gasteiger charge is 2.13. The number of halogens is 1. The quantitative estimate of drug-likeness (QED) is 0.690. The molecule has 0 aliphatic rings. The number of nitrogens with zero attached hydrogens (tertiary/aromatic N) is 4. The molecule has 114 valence electrons. The maximum atomic E-state index is 6.14. The van der Waals surface area contributed by atoms with Crippen molar-refractivity contribution in [3.05, 3.63) is 17.0 Å². The number of likely N-dealkylation sites (N-methyl/N-ethyl adjacent to an activating group) is 1. The van der Waals surface area contributed by atoms with Gasteiger partial charge in [0.1, 0.15) is 16.8 Å². The number of hydrogen-bond donors (Lipinski definition) is 0. The second kappa shape index (κ2) is 8.42. The minimum atomic E-state index is 0.539. The number of hydrogen-bond acceptors (Lipinski definition) is 4. The summed E-state index contributed by atoms with van der Waals surface area (Å²) >= 11 is 6.14. The maximum absolute atomic E-state index is 6.14. The smallest absolute Gasteiger partial charge is 0.134 e. The normalized spacial score (nSPS) is 11.4. The van der Waals surface area contributed by atoms with Crippen LogP contribution in [-0.4, -0.2) is 48.6 Å². The standard InChI is InChI=1S/C15H27ClN4/c1-6-7-14-17-13(16)10-15(18-14)20(11-12(2)3)9-8-19(4)5/h10,12H,6-9,11H2,1-5H3. The first kappa shape index (κ1) is 17.2. The van der Waals surface area contributed by atoms with Gasteiger partial charge in [0.25, 0.3) is 0 Å². The largest absolute Gasteiger partial charge is 0.355 e. The lowest BCUT2D eigenvalue weighted by atomic mass is 10.2. The summed E-state index contributed by atoms with van der Waals surface area (Å²) in [4.78, 5) is 13.5. The van der Waals surface area contributed by atoms with E-state index >= 15 is 0 Å². The molecule has 0 amide bonds. The monoisotopic (exact) mass is 298 g/mol. The van der Waals surface area contributed by atoms with Gasteiger partial charge in [-0.1, -0.05) is 32.4 Å². The summed E-state index contributed by atoms with van der Waals surface area (Å²) in [6.45, 7) is 9.49. The molecule has 0 aliphatic carbocycles. The molecule has 1 aromatic rings. The van der Waals surface area contributed by atoms with Crippen molar-refractivity contribution in [3.63, 3.8) is 0 Å². The van der Waals surface area contributed by atoms with Crippen LogP contribution in [0.4, 0.5) is 5.82 Å². The molecule has 5 heteroatoms. The Balaban J connectivity index is 2.92. The highest BCUT2D eigenvalue weighted by atomic mass is 35.5. The first-order valence-corrected chi connectivity index (χ1v) is 7.73. The van der Waals surface area contributed by atoms with E-state index in [-0.39, 0.29) is 0 Å². The van der Waals surface area contributed by atoms with Crippen molar-refractivity contribution in [1.29, 1.82) is 0 Å². The van der Waals surface area contributed by atoms with Crippen molar-refractivity contribution in [3.8, 4) is 0 Å². The zero-order valence-corrected chi connectivity index (χ0v) is 14.1. The van der Waals surface area contributed by atoms with Gasteiger partial charge in [-0.3, -0.25) is 0 Å². The molecule has 20 heavy (non-hydrogen) atoms. The van der Waals surface area contributed by atoms with Crippen LogP contribution >= 0.6 is 11.6 Å². The van der Waals surface area contributed by atoms with Crippen LogP contribution < -0.4 is 4.90 Å². The lowest BCUT2D eigenvalue weighted by Crippen LogP contribution is -2.35. The highest BCUT2D eigenvalue weighted by molar-refractivity contribution is 6.29. The molecule has 0 atom stereocenters. The van der Waals surface area contributed by atoms with Crippen LogP contribution in [0.2, 0.25) is 5.15 Å². The van der Waals surface area contributed by atoms with Crippen LogP contribution in [0.25, 0.3) is 0 Å². The molecular formula is C15H27ClN4. The second-order valence-corrected chi connectivity index (χ2v) is 6.25. The Bertz CT molecular complexity index is 407. The average Bonchev–Trinajstić information content (AvgIpc) is 2.33. The third kappa shape index (κ3) is 6.06. The van der Waals surface area contributed by atoms with Crippen molar-refractivity contribution in [2.75, 3.05) is 38.6 Å². The van der Waals surface area contributed by atoms with Crippen LogP contribution in [0.1, 0.15) is 33.0 Å². The van der Waals surface area contributed by atoms with Crippen LogP contribution in [0.15, 0.2) is 6.07 Å². The summed E-state index contributed by atoms with van der Waals surface area (Å²) in [5.41, 5.74) is 0. The Hall–Kier alpha value is -0.870. The molecular weight excluding hydrogens is 272 g/mol. The zero-order valence-electron chi connectivity index (χ0n) is 13.4. The Labute approximate surface area is 128 Å². The molecule has 0 aromatic carbocycles. The van der Waals surface area contributed by atoms with Crippen LogP contribution in [-0.2, 0) is 6.42 Å². The fourth-order valence-corrected chi connectivity index (χ4v) is 2.21. The number of rotatable bonds is 8. The van der Waals surface area contributed by atoms with Crippen molar-refractivity contribution in [1.82, 2.24) is 14.9 Å². The summed E-state index contributed by atoms with van der Waals surface area (Å²) in [6.07, 6.45) is 1.90. The van der Waals surface area contributed by atoms with Crippen molar-refractivity contribution in [2.24, 2.45) is 5.92 Å². The number of aryl methyl sites for hydroxylation is 1. The molecule has 1 heterocycles. The zero-order chi connectivity index (χ0) is 15.1. The molecule has 0 unspecified atom stereocenters. The van der Waals surface area contributed by atoms with E-state index in [4.69, 9.17) is 11.6 Å². The lowest BCUT2D eigenvalue weighted by Gasteiger charge is -2.27. The van der Waals surface area contributed by atoms with Gasteiger partial charge in [0.2, 0.25) is 0 Å². The molecule has 0 saturated carbocycles. The fourth-order valence-electron chi connectivity index (χ4n) is 2.01. The topological polar surface area (TPSA) is 32.3 Å². The molecule has 0 saturated heterocycles. The first-order chi connectivity index (χ1) is 9.42. The predicted octanol–water partition coefficient (Wildman–Crippen LogP) is 3.11. The molecule has 0 fully saturated rings. The van der Waals surface area contributed by atoms with E-state index in [1.807, 2.05) is 6.07 Å². The van der Waals surface area contributed by atoms with Gasteiger partial charge >= 0.3 is 0 Å². The van der Waals surface area contributed by atoms with E-state index in [1.54, 1.807) is 0 Å². The number of aromatic nitrogens is 2. The van der Waals surface area contributed by atoms with Crippen LogP contribution in [0.5, 0.6) is 0 Å². The van der Waals surface area contributed by atoms with Gasteiger partial charge in [-0.25, -0.2) is 9.97 Å². The second-order valence-electron chi connectivity index (χ2n) is 5.86. The van der Waals surface area contributed by atoms with Gasteiger partial charge < -0.3 is 9.80 Å². The van der Waals surface area contributed by atoms with Crippen LogP contribution in [0.3, 0.4) is 0 Å². The molecule has 0 bridgehead atoms. The van der Waals surface area contributed by atoms with Gasteiger partial charge in [-0.2, -0.15) is 0 Å². The lowest BCUT2D eigenvalue weighted by molar-refractivity contribution is 0.408. The summed E-state index contributed by atoms with van der Waals surface area (Å²) < 4.78 is 0.